The van der Waals surface area contributed by atoms with Crippen molar-refractivity contribution < 1.29 is 9.15 Å². The Hall–Kier alpha value is -1.81. The van der Waals surface area contributed by atoms with E-state index in [1.54, 1.807) is 0 Å². The first-order valence-corrected chi connectivity index (χ1v) is 9.46. The molecular weight excluding hydrogens is 439 g/mol. The first-order chi connectivity index (χ1) is 11.7. The van der Waals surface area contributed by atoms with E-state index in [2.05, 4.69) is 43.1 Å². The van der Waals surface area contributed by atoms with Gasteiger partial charge in [0.05, 0.1) is 0 Å². The second-order valence-corrected chi connectivity index (χ2v) is 7.31. The zero-order valence-corrected chi connectivity index (χ0v) is 15.7. The van der Waals surface area contributed by atoms with Crippen LogP contribution in [0.2, 0.25) is 0 Å². The Kier molecular flexibility index (Phi) is 4.31. The number of halogens is 1. The van der Waals surface area contributed by atoms with Crippen LogP contribution in [0.1, 0.15) is 18.9 Å². The van der Waals surface area contributed by atoms with E-state index in [1.807, 2.05) is 43.3 Å². The lowest BCUT2D eigenvalue weighted by Crippen LogP contribution is -2.16. The molecule has 0 bridgehead atoms. The van der Waals surface area contributed by atoms with E-state index in [0.29, 0.717) is 22.5 Å². The molecule has 4 rings (SSSR count). The van der Waals surface area contributed by atoms with E-state index in [1.165, 1.54) is 11.8 Å². The number of furan rings is 1. The van der Waals surface area contributed by atoms with Gasteiger partial charge in [0.1, 0.15) is 0 Å². The fourth-order valence-corrected chi connectivity index (χ4v) is 3.37. The molecule has 0 aliphatic carbocycles. The number of fused-ring (bicyclic) bond motifs is 3. The third-order valence-corrected chi connectivity index (χ3v) is 4.76. The Morgan fingerprint density at radius 3 is 2.88 bits per heavy atom. The molecule has 1 aliphatic heterocycles. The molecule has 1 atom stereocenters. The van der Waals surface area contributed by atoms with Gasteiger partial charge in [0.2, 0.25) is 17.3 Å². The van der Waals surface area contributed by atoms with Crippen LogP contribution in [0.4, 0.5) is 5.69 Å². The van der Waals surface area contributed by atoms with Gasteiger partial charge in [-0.2, -0.15) is 4.98 Å². The van der Waals surface area contributed by atoms with Crippen LogP contribution in [-0.4, -0.2) is 20.9 Å². The standard InChI is InChI=1S/C16H13IN4O2S/c1-2-24-16-19-15-13(20-21-16)9-5-3-4-6-10(9)18-14(23-15)11-7-8-12(17)22-11/h3-8,14,18H,2H2,1H3. The van der Waals surface area contributed by atoms with Gasteiger partial charge in [-0.1, -0.05) is 36.9 Å². The minimum atomic E-state index is -0.480. The molecule has 0 saturated heterocycles. The van der Waals surface area contributed by atoms with Gasteiger partial charge in [0.15, 0.2) is 15.2 Å². The summed E-state index contributed by atoms with van der Waals surface area (Å²) in [4.78, 5) is 4.53. The molecule has 8 heteroatoms. The molecule has 2 aromatic heterocycles. The molecule has 6 nitrogen and oxygen atoms in total. The van der Waals surface area contributed by atoms with Crippen LogP contribution < -0.4 is 10.1 Å². The maximum Gasteiger partial charge on any atom is 0.247 e. The third kappa shape index (κ3) is 2.95. The fourth-order valence-electron chi connectivity index (χ4n) is 2.44. The topological polar surface area (TPSA) is 73.1 Å². The summed E-state index contributed by atoms with van der Waals surface area (Å²) in [7, 11) is 0. The fraction of sp³-hybridized carbons (Fsp3) is 0.188. The number of rotatable bonds is 3. The predicted molar refractivity (Wildman–Crippen MR) is 100 cm³/mol. The average Bonchev–Trinajstić information content (AvgIpc) is 2.95. The molecule has 1 N–H and O–H groups in total. The molecule has 0 amide bonds. The van der Waals surface area contributed by atoms with Crippen LogP contribution in [0.5, 0.6) is 5.88 Å². The summed E-state index contributed by atoms with van der Waals surface area (Å²) in [6, 6.07) is 11.7. The van der Waals surface area contributed by atoms with Crippen molar-refractivity contribution in [1.82, 2.24) is 15.2 Å². The van der Waals surface area contributed by atoms with Gasteiger partial charge in [0, 0.05) is 11.3 Å². The molecule has 1 aliphatic rings. The number of ether oxygens (including phenoxy) is 1. The number of hydrogen-bond acceptors (Lipinski definition) is 7. The van der Waals surface area contributed by atoms with Crippen molar-refractivity contribution in [3.63, 3.8) is 0 Å². The van der Waals surface area contributed by atoms with Crippen molar-refractivity contribution >= 4 is 40.0 Å². The smallest absolute Gasteiger partial charge is 0.247 e. The van der Waals surface area contributed by atoms with E-state index < -0.39 is 6.23 Å². The van der Waals surface area contributed by atoms with E-state index in [4.69, 9.17) is 9.15 Å². The highest BCUT2D eigenvalue weighted by atomic mass is 127. The number of nitrogens with zero attached hydrogens (tertiary/aromatic N) is 3. The summed E-state index contributed by atoms with van der Waals surface area (Å²) in [6.45, 7) is 2.05. The average molecular weight is 452 g/mol. The van der Waals surface area contributed by atoms with E-state index in [9.17, 15) is 0 Å². The molecule has 0 saturated carbocycles. The first-order valence-electron chi connectivity index (χ1n) is 7.40. The highest BCUT2D eigenvalue weighted by Gasteiger charge is 2.27. The van der Waals surface area contributed by atoms with Gasteiger partial charge in [-0.25, -0.2) is 0 Å². The third-order valence-electron chi connectivity index (χ3n) is 3.46. The van der Waals surface area contributed by atoms with Crippen molar-refractivity contribution in [2.75, 3.05) is 11.1 Å². The molecule has 3 aromatic rings. The lowest BCUT2D eigenvalue weighted by molar-refractivity contribution is 0.193. The minimum Gasteiger partial charge on any atom is -0.449 e. The Bertz CT molecular complexity index is 886. The number of aromatic nitrogens is 3. The van der Waals surface area contributed by atoms with Crippen LogP contribution in [0.25, 0.3) is 11.3 Å². The van der Waals surface area contributed by atoms with Crippen LogP contribution >= 0.6 is 34.4 Å². The Balaban J connectivity index is 1.83. The van der Waals surface area contributed by atoms with Crippen LogP contribution in [0.3, 0.4) is 0 Å². The van der Waals surface area contributed by atoms with Gasteiger partial charge in [-0.3, -0.25) is 0 Å². The van der Waals surface area contributed by atoms with Gasteiger partial charge < -0.3 is 14.5 Å². The molecule has 0 radical (unpaired) electrons. The zero-order valence-electron chi connectivity index (χ0n) is 12.7. The maximum atomic E-state index is 6.09. The summed E-state index contributed by atoms with van der Waals surface area (Å²) in [5, 5.41) is 12.5. The molecule has 1 unspecified atom stereocenters. The van der Waals surface area contributed by atoms with E-state index in [-0.39, 0.29) is 0 Å². The van der Waals surface area contributed by atoms with Crippen LogP contribution in [-0.2, 0) is 0 Å². The molecule has 3 heterocycles. The lowest BCUT2D eigenvalue weighted by Gasteiger charge is -2.16. The number of thioether (sulfide) groups is 1. The van der Waals surface area contributed by atoms with E-state index in [0.717, 1.165) is 20.8 Å². The summed E-state index contributed by atoms with van der Waals surface area (Å²) >= 11 is 3.66. The molecule has 24 heavy (non-hydrogen) atoms. The predicted octanol–water partition coefficient (Wildman–Crippen LogP) is 4.35. The number of para-hydroxylation sites is 1. The summed E-state index contributed by atoms with van der Waals surface area (Å²) in [5.74, 6) is 2.01. The number of hydrogen-bond donors (Lipinski definition) is 1. The van der Waals surface area contributed by atoms with Gasteiger partial charge in [0.25, 0.3) is 0 Å². The van der Waals surface area contributed by atoms with Crippen LogP contribution in [0.15, 0.2) is 46.0 Å². The largest absolute Gasteiger partial charge is 0.449 e. The van der Waals surface area contributed by atoms with Gasteiger partial charge >= 0.3 is 0 Å². The van der Waals surface area contributed by atoms with Crippen molar-refractivity contribution in [2.24, 2.45) is 0 Å². The highest BCUT2D eigenvalue weighted by molar-refractivity contribution is 14.1. The second-order valence-electron chi connectivity index (χ2n) is 5.01. The Labute approximate surface area is 156 Å². The summed E-state index contributed by atoms with van der Waals surface area (Å²) in [5.41, 5.74) is 2.44. The number of anilines is 1. The Morgan fingerprint density at radius 1 is 1.21 bits per heavy atom. The maximum absolute atomic E-state index is 6.09. The summed E-state index contributed by atoms with van der Waals surface area (Å²) in [6.07, 6.45) is -0.480. The highest BCUT2D eigenvalue weighted by Crippen LogP contribution is 2.39. The lowest BCUT2D eigenvalue weighted by atomic mass is 10.1. The SMILES string of the molecule is CCSc1nnc2c(n1)OC(c1ccc(I)o1)Nc1ccccc1-2. The first kappa shape index (κ1) is 15.7. The molecule has 0 spiro atoms. The minimum absolute atomic E-state index is 0.454. The van der Waals surface area contributed by atoms with Crippen LogP contribution in [0, 0.1) is 3.77 Å². The molecule has 122 valence electrons. The normalized spacial score (nSPS) is 15.7. The van der Waals surface area contributed by atoms with Gasteiger partial charge in [-0.15, -0.1) is 10.2 Å². The number of nitrogens with one attached hydrogen (secondary N) is 1. The monoisotopic (exact) mass is 452 g/mol. The van der Waals surface area contributed by atoms with E-state index >= 15 is 0 Å². The van der Waals surface area contributed by atoms with Crippen molar-refractivity contribution in [3.05, 3.63) is 45.9 Å². The zero-order chi connectivity index (χ0) is 16.5. The second kappa shape index (κ2) is 6.60. The van der Waals surface area contributed by atoms with Crippen molar-refractivity contribution in [3.8, 4) is 17.1 Å². The molecule has 1 aromatic carbocycles. The molecule has 0 fully saturated rings. The van der Waals surface area contributed by atoms with Crippen molar-refractivity contribution in [2.45, 2.75) is 18.3 Å². The summed E-state index contributed by atoms with van der Waals surface area (Å²) < 4.78 is 12.6. The Morgan fingerprint density at radius 2 is 2.08 bits per heavy atom. The van der Waals surface area contributed by atoms with Crippen molar-refractivity contribution in [1.29, 1.82) is 0 Å². The number of benzene rings is 1. The quantitative estimate of drug-likeness (QED) is 0.468. The molecular formula is C16H13IN4O2S. The van der Waals surface area contributed by atoms with Gasteiger partial charge in [-0.05, 0) is 46.5 Å².